The van der Waals surface area contributed by atoms with E-state index in [1.807, 2.05) is 13.8 Å². The zero-order valence-corrected chi connectivity index (χ0v) is 8.82. The van der Waals surface area contributed by atoms with Gasteiger partial charge in [-0.1, -0.05) is 6.92 Å². The summed E-state index contributed by atoms with van der Waals surface area (Å²) in [4.78, 5) is 10.8. The van der Waals surface area contributed by atoms with E-state index in [1.54, 1.807) is 0 Å². The van der Waals surface area contributed by atoms with E-state index < -0.39 is 12.0 Å². The van der Waals surface area contributed by atoms with Crippen LogP contribution in [0.1, 0.15) is 26.7 Å². The summed E-state index contributed by atoms with van der Waals surface area (Å²) in [5.41, 5.74) is 0. The molecule has 1 aliphatic heterocycles. The van der Waals surface area contributed by atoms with Crippen molar-refractivity contribution in [3.05, 3.63) is 0 Å². The third-order valence-corrected chi connectivity index (χ3v) is 2.84. The fraction of sp³-hybridized carbons (Fsp3) is 0.900. The van der Waals surface area contributed by atoms with E-state index in [4.69, 9.17) is 9.84 Å². The number of hydrogen-bond acceptors (Lipinski definition) is 3. The van der Waals surface area contributed by atoms with E-state index in [0.717, 1.165) is 19.6 Å². The van der Waals surface area contributed by atoms with E-state index in [2.05, 4.69) is 5.32 Å². The van der Waals surface area contributed by atoms with E-state index in [-0.39, 0.29) is 6.04 Å². The molecule has 2 N–H and O–H groups in total. The van der Waals surface area contributed by atoms with Crippen molar-refractivity contribution in [1.29, 1.82) is 0 Å². The van der Waals surface area contributed by atoms with E-state index in [0.29, 0.717) is 12.3 Å². The second-order valence-electron chi connectivity index (χ2n) is 3.88. The first-order valence-electron chi connectivity index (χ1n) is 5.21. The first kappa shape index (κ1) is 11.5. The van der Waals surface area contributed by atoms with Crippen LogP contribution in [0.25, 0.3) is 0 Å². The molecule has 4 heteroatoms. The van der Waals surface area contributed by atoms with Crippen LogP contribution in [0.3, 0.4) is 0 Å². The molecule has 0 amide bonds. The maximum absolute atomic E-state index is 10.8. The van der Waals surface area contributed by atoms with Crippen molar-refractivity contribution >= 4 is 5.97 Å². The number of hydrogen-bond donors (Lipinski definition) is 2. The highest BCUT2D eigenvalue weighted by atomic mass is 16.5. The molecule has 0 aromatic carbocycles. The molecule has 0 aromatic rings. The molecule has 0 spiro atoms. The third kappa shape index (κ3) is 2.96. The Balaban J connectivity index is 2.37. The average Bonchev–Trinajstić information content (AvgIpc) is 2.65. The second kappa shape index (κ2) is 5.32. The molecule has 0 radical (unpaired) electrons. The van der Waals surface area contributed by atoms with E-state index in [1.165, 1.54) is 0 Å². The highest BCUT2D eigenvalue weighted by Gasteiger charge is 2.25. The van der Waals surface area contributed by atoms with Crippen LogP contribution in [0.4, 0.5) is 0 Å². The summed E-state index contributed by atoms with van der Waals surface area (Å²) in [6.07, 6.45) is 1.65. The van der Waals surface area contributed by atoms with Gasteiger partial charge in [0.05, 0.1) is 6.61 Å². The fourth-order valence-electron chi connectivity index (χ4n) is 1.76. The summed E-state index contributed by atoms with van der Waals surface area (Å²) in [5.74, 6) is -0.304. The molecule has 1 saturated heterocycles. The Morgan fingerprint density at radius 2 is 2.43 bits per heavy atom. The Hall–Kier alpha value is -0.610. The van der Waals surface area contributed by atoms with E-state index >= 15 is 0 Å². The Morgan fingerprint density at radius 1 is 1.71 bits per heavy atom. The van der Waals surface area contributed by atoms with Gasteiger partial charge in [-0.2, -0.15) is 0 Å². The van der Waals surface area contributed by atoms with E-state index in [9.17, 15) is 4.79 Å². The molecule has 1 heterocycles. The van der Waals surface area contributed by atoms with Gasteiger partial charge in [0.2, 0.25) is 0 Å². The maximum atomic E-state index is 10.8. The molecule has 0 saturated carbocycles. The largest absolute Gasteiger partial charge is 0.480 e. The van der Waals surface area contributed by atoms with Gasteiger partial charge < -0.3 is 15.2 Å². The van der Waals surface area contributed by atoms with Crippen molar-refractivity contribution in [1.82, 2.24) is 5.32 Å². The lowest BCUT2D eigenvalue weighted by Gasteiger charge is -2.23. The zero-order valence-electron chi connectivity index (χ0n) is 8.82. The molecule has 1 fully saturated rings. The molecular formula is C10H19NO3. The van der Waals surface area contributed by atoms with Gasteiger partial charge >= 0.3 is 5.97 Å². The quantitative estimate of drug-likeness (QED) is 0.692. The van der Waals surface area contributed by atoms with Gasteiger partial charge in [-0.25, -0.2) is 0 Å². The minimum absolute atomic E-state index is 0.221. The van der Waals surface area contributed by atoms with Crippen LogP contribution < -0.4 is 5.32 Å². The standard InChI is InChI=1S/C10H19NO3/c1-3-9(10(12)13)11-7(2)8-4-5-14-6-8/h7-9,11H,3-6H2,1-2H3,(H,12,13). The topological polar surface area (TPSA) is 58.6 Å². The molecule has 14 heavy (non-hydrogen) atoms. The van der Waals surface area contributed by atoms with Crippen molar-refractivity contribution < 1.29 is 14.6 Å². The fourth-order valence-corrected chi connectivity index (χ4v) is 1.76. The van der Waals surface area contributed by atoms with Gasteiger partial charge in [0.15, 0.2) is 0 Å². The molecule has 3 atom stereocenters. The Morgan fingerprint density at radius 3 is 2.86 bits per heavy atom. The normalized spacial score (nSPS) is 26.0. The molecule has 0 bridgehead atoms. The highest BCUT2D eigenvalue weighted by molar-refractivity contribution is 5.73. The molecule has 0 aliphatic carbocycles. The zero-order chi connectivity index (χ0) is 10.6. The van der Waals surface area contributed by atoms with Crippen molar-refractivity contribution in [2.45, 2.75) is 38.8 Å². The number of rotatable bonds is 5. The lowest BCUT2D eigenvalue weighted by atomic mass is 9.99. The second-order valence-corrected chi connectivity index (χ2v) is 3.88. The molecule has 1 rings (SSSR count). The van der Waals surface area contributed by atoms with Crippen LogP contribution in [0.5, 0.6) is 0 Å². The van der Waals surface area contributed by atoms with Gasteiger partial charge in [0.25, 0.3) is 0 Å². The lowest BCUT2D eigenvalue weighted by Crippen LogP contribution is -2.45. The maximum Gasteiger partial charge on any atom is 0.320 e. The Kier molecular flexibility index (Phi) is 4.35. The lowest BCUT2D eigenvalue weighted by molar-refractivity contribution is -0.139. The van der Waals surface area contributed by atoms with Crippen molar-refractivity contribution in [2.75, 3.05) is 13.2 Å². The summed E-state index contributed by atoms with van der Waals surface area (Å²) in [7, 11) is 0. The minimum Gasteiger partial charge on any atom is -0.480 e. The first-order chi connectivity index (χ1) is 6.65. The van der Waals surface area contributed by atoms with Gasteiger partial charge in [0, 0.05) is 12.6 Å². The minimum atomic E-state index is -0.765. The number of carboxylic acids is 1. The summed E-state index contributed by atoms with van der Waals surface area (Å²) >= 11 is 0. The third-order valence-electron chi connectivity index (χ3n) is 2.84. The SMILES string of the molecule is CCC(NC(C)C1CCOC1)C(=O)O. The van der Waals surface area contributed by atoms with Gasteiger partial charge in [0.1, 0.15) is 6.04 Å². The predicted octanol–water partition coefficient (Wildman–Crippen LogP) is 0.864. The van der Waals surface area contributed by atoms with Gasteiger partial charge in [-0.3, -0.25) is 4.79 Å². The number of carboxylic acid groups (broad SMARTS) is 1. The van der Waals surface area contributed by atoms with Crippen LogP contribution in [-0.2, 0) is 9.53 Å². The summed E-state index contributed by atoms with van der Waals surface area (Å²) < 4.78 is 5.27. The monoisotopic (exact) mass is 201 g/mol. The van der Waals surface area contributed by atoms with Crippen LogP contribution in [-0.4, -0.2) is 36.4 Å². The molecule has 82 valence electrons. The number of ether oxygens (including phenoxy) is 1. The molecule has 1 aliphatic rings. The number of carbonyl (C=O) groups is 1. The number of nitrogens with one attached hydrogen (secondary N) is 1. The predicted molar refractivity (Wildman–Crippen MR) is 53.2 cm³/mol. The van der Waals surface area contributed by atoms with Crippen LogP contribution >= 0.6 is 0 Å². The Bertz CT molecular complexity index is 190. The summed E-state index contributed by atoms with van der Waals surface area (Å²) in [6, 6.07) is -0.204. The van der Waals surface area contributed by atoms with Gasteiger partial charge in [-0.05, 0) is 25.7 Å². The van der Waals surface area contributed by atoms with Crippen molar-refractivity contribution in [3.8, 4) is 0 Å². The molecule has 4 nitrogen and oxygen atoms in total. The Labute approximate surface area is 84.6 Å². The van der Waals surface area contributed by atoms with Crippen molar-refractivity contribution in [3.63, 3.8) is 0 Å². The molecular weight excluding hydrogens is 182 g/mol. The molecule has 0 aromatic heterocycles. The van der Waals surface area contributed by atoms with Crippen LogP contribution in [0.15, 0.2) is 0 Å². The summed E-state index contributed by atoms with van der Waals surface area (Å²) in [5, 5.41) is 12.0. The average molecular weight is 201 g/mol. The van der Waals surface area contributed by atoms with Crippen molar-refractivity contribution in [2.24, 2.45) is 5.92 Å². The first-order valence-corrected chi connectivity index (χ1v) is 5.21. The highest BCUT2D eigenvalue weighted by Crippen LogP contribution is 2.16. The smallest absolute Gasteiger partial charge is 0.320 e. The number of aliphatic carboxylic acids is 1. The summed E-state index contributed by atoms with van der Waals surface area (Å²) in [6.45, 7) is 5.47. The van der Waals surface area contributed by atoms with Crippen LogP contribution in [0.2, 0.25) is 0 Å². The van der Waals surface area contributed by atoms with Crippen LogP contribution in [0, 0.1) is 5.92 Å². The van der Waals surface area contributed by atoms with Gasteiger partial charge in [-0.15, -0.1) is 0 Å². The molecule has 3 unspecified atom stereocenters.